The van der Waals surface area contributed by atoms with Crippen LogP contribution in [0.15, 0.2) is 0 Å². The number of aliphatic hydroxyl groups is 1. The Hall–Kier alpha value is 1.19. The summed E-state index contributed by atoms with van der Waals surface area (Å²) >= 11 is 4.65. The minimum absolute atomic E-state index is 0. The van der Waals surface area contributed by atoms with Gasteiger partial charge >= 0.3 is 0 Å². The van der Waals surface area contributed by atoms with E-state index in [1.165, 1.54) is 0 Å². The Labute approximate surface area is 115 Å². The van der Waals surface area contributed by atoms with Crippen molar-refractivity contribution in [1.82, 2.24) is 0 Å². The maximum Gasteiger partial charge on any atom is 0.115 e. The molecule has 0 aliphatic heterocycles. The van der Waals surface area contributed by atoms with E-state index in [0.717, 1.165) is 24.3 Å². The molecule has 0 radical (unpaired) electrons. The van der Waals surface area contributed by atoms with E-state index in [2.05, 4.69) is 11.8 Å². The van der Waals surface area contributed by atoms with Crippen molar-refractivity contribution in [2.24, 2.45) is 0 Å². The molecule has 0 saturated carbocycles. The largest absolute Gasteiger partial charge is 0.780 e. The fourth-order valence-corrected chi connectivity index (χ4v) is 4.15. The lowest BCUT2D eigenvalue weighted by Gasteiger charge is -2.26. The van der Waals surface area contributed by atoms with E-state index in [9.17, 15) is 4.89 Å². The molecule has 0 aromatic heterocycles. The maximum atomic E-state index is 11.3. The molecular weight excluding hydrogens is 287 g/mol. The molecule has 0 rings (SSSR count). The van der Waals surface area contributed by atoms with Crippen molar-refractivity contribution in [2.75, 3.05) is 31.3 Å². The van der Waals surface area contributed by atoms with Crippen molar-refractivity contribution in [3.8, 4) is 0 Å². The maximum absolute atomic E-state index is 11.3. The molecule has 0 saturated heterocycles. The van der Waals surface area contributed by atoms with Gasteiger partial charge in [-0.2, -0.15) is 0 Å². The smallest absolute Gasteiger partial charge is 0.115 e. The SMILES string of the molecule is CCOP([O-])(=S)OCCCSSCCCO.[2H][3H].[3HH]. The van der Waals surface area contributed by atoms with Crippen LogP contribution < -0.4 is 4.89 Å². The van der Waals surface area contributed by atoms with E-state index in [4.69, 9.17) is 17.1 Å². The highest BCUT2D eigenvalue weighted by Crippen LogP contribution is 2.38. The van der Waals surface area contributed by atoms with Crippen LogP contribution >= 0.6 is 28.3 Å². The fourth-order valence-electron chi connectivity index (χ4n) is 0.731. The van der Waals surface area contributed by atoms with Gasteiger partial charge in [-0.05, 0) is 19.8 Å². The average Bonchev–Trinajstić information content (AvgIpc) is 2.35. The molecule has 0 aliphatic carbocycles. The zero-order valence-corrected chi connectivity index (χ0v) is 12.6. The highest BCUT2D eigenvalue weighted by atomic mass is 33.1. The van der Waals surface area contributed by atoms with Gasteiger partial charge in [0.15, 0.2) is 0 Å². The molecule has 0 spiro atoms. The van der Waals surface area contributed by atoms with Crippen molar-refractivity contribution in [3.05, 3.63) is 0 Å². The van der Waals surface area contributed by atoms with Crippen LogP contribution in [0.25, 0.3) is 0 Å². The predicted octanol–water partition coefficient (Wildman–Crippen LogP) is 2.27. The normalized spacial score (nSPS) is 15.4. The topological polar surface area (TPSA) is 61.8 Å². The molecule has 0 aromatic carbocycles. The van der Waals surface area contributed by atoms with Gasteiger partial charge in [-0.1, -0.05) is 33.4 Å². The summed E-state index contributed by atoms with van der Waals surface area (Å²) in [6, 6.07) is 0. The molecular formula is C8H22O4PS3-. The summed E-state index contributed by atoms with van der Waals surface area (Å²) in [6.45, 7) is -0.571. The average molecular weight is 314 g/mol. The van der Waals surface area contributed by atoms with Gasteiger partial charge in [0.2, 0.25) is 0 Å². The van der Waals surface area contributed by atoms with Crippen LogP contribution in [0.3, 0.4) is 0 Å². The molecule has 0 amide bonds. The first-order valence-electron chi connectivity index (χ1n) is 6.07. The van der Waals surface area contributed by atoms with Gasteiger partial charge in [-0.15, -0.1) is 0 Å². The Bertz CT molecular complexity index is 218. The molecule has 16 heavy (non-hydrogen) atoms. The predicted molar refractivity (Wildman–Crippen MR) is 77.3 cm³/mol. The minimum Gasteiger partial charge on any atom is -0.780 e. The number of hydrogen-bond acceptors (Lipinski definition) is 7. The number of hydrogen-bond donors (Lipinski definition) is 1. The van der Waals surface area contributed by atoms with E-state index < -0.39 is 6.72 Å². The Kier molecular flexibility index (Phi) is 10.8. The van der Waals surface area contributed by atoms with E-state index in [-0.39, 0.29) is 8.03 Å². The van der Waals surface area contributed by atoms with Gasteiger partial charge < -0.3 is 19.0 Å². The summed E-state index contributed by atoms with van der Waals surface area (Å²) in [4.78, 5) is 11.3. The fraction of sp³-hybridized carbons (Fsp3) is 1.00. The highest BCUT2D eigenvalue weighted by molar-refractivity contribution is 8.76. The molecule has 8 heteroatoms. The molecule has 1 unspecified atom stereocenters. The van der Waals surface area contributed by atoms with E-state index in [0.29, 0.717) is 13.2 Å². The Balaban J connectivity index is -0.000000809. The molecule has 0 heterocycles. The van der Waals surface area contributed by atoms with Crippen LogP contribution in [0.1, 0.15) is 24.2 Å². The van der Waals surface area contributed by atoms with Crippen LogP contribution in [-0.4, -0.2) is 36.4 Å². The third kappa shape index (κ3) is 11.7. The monoisotopic (exact) mass is 314 g/mol. The van der Waals surface area contributed by atoms with Gasteiger partial charge in [-0.25, -0.2) is 0 Å². The van der Waals surface area contributed by atoms with Crippen LogP contribution in [0.2, 0.25) is 0 Å². The second-order valence-electron chi connectivity index (χ2n) is 2.77. The van der Waals surface area contributed by atoms with Crippen molar-refractivity contribution >= 4 is 40.1 Å². The summed E-state index contributed by atoms with van der Waals surface area (Å²) in [6.07, 6.45) is 1.62. The van der Waals surface area contributed by atoms with Crippen molar-refractivity contribution in [2.45, 2.75) is 19.8 Å². The molecule has 4 nitrogen and oxygen atoms in total. The summed E-state index contributed by atoms with van der Waals surface area (Å²) in [7, 11) is 3.44. The molecule has 0 fully saturated rings. The first kappa shape index (κ1) is 15.2. The Morgan fingerprint density at radius 2 is 2.06 bits per heavy atom. The van der Waals surface area contributed by atoms with E-state index >= 15 is 0 Å². The van der Waals surface area contributed by atoms with Crippen molar-refractivity contribution in [3.63, 3.8) is 0 Å². The quantitative estimate of drug-likeness (QED) is 0.356. The van der Waals surface area contributed by atoms with Gasteiger partial charge in [0.25, 0.3) is 0 Å². The van der Waals surface area contributed by atoms with E-state index in [1.807, 2.05) is 0 Å². The molecule has 1 atom stereocenters. The van der Waals surface area contributed by atoms with Crippen molar-refractivity contribution in [1.29, 1.82) is 0 Å². The highest BCUT2D eigenvalue weighted by Gasteiger charge is 2.01. The summed E-state index contributed by atoms with van der Waals surface area (Å²) in [5.41, 5.74) is 0. The van der Waals surface area contributed by atoms with Gasteiger partial charge in [-0.3, -0.25) is 0 Å². The second kappa shape index (κ2) is 11.3. The van der Waals surface area contributed by atoms with Crippen molar-refractivity contribution < 1.29 is 23.4 Å². The third-order valence-corrected chi connectivity index (χ3v) is 5.66. The zero-order valence-electron chi connectivity index (χ0n) is 11.3. The first-order chi connectivity index (χ1) is 8.62. The van der Waals surface area contributed by atoms with Crippen LogP contribution in [0.4, 0.5) is 0 Å². The van der Waals surface area contributed by atoms with Gasteiger partial charge in [0.1, 0.15) is 6.72 Å². The summed E-state index contributed by atoms with van der Waals surface area (Å²) < 4.78 is 19.8. The first-order valence-corrected chi connectivity index (χ1v) is 10.1. The lowest BCUT2D eigenvalue weighted by molar-refractivity contribution is -0.206. The number of rotatable bonds is 11. The molecule has 0 aromatic rings. The van der Waals surface area contributed by atoms with E-state index in [1.54, 1.807) is 28.5 Å². The zero-order chi connectivity index (χ0) is 14.3. The van der Waals surface area contributed by atoms with Gasteiger partial charge in [0, 0.05) is 22.5 Å². The summed E-state index contributed by atoms with van der Waals surface area (Å²) in [5, 5.41) is 8.55. The van der Waals surface area contributed by atoms with Crippen LogP contribution in [-0.2, 0) is 20.9 Å². The minimum atomic E-state index is -3.22. The lowest BCUT2D eigenvalue weighted by atomic mass is 10.5. The van der Waals surface area contributed by atoms with Crippen LogP contribution in [0.5, 0.6) is 0 Å². The summed E-state index contributed by atoms with van der Waals surface area (Å²) in [5.74, 6) is 1.86. The Morgan fingerprint density at radius 3 is 2.62 bits per heavy atom. The Morgan fingerprint density at radius 1 is 1.44 bits per heavy atom. The van der Waals surface area contributed by atoms with Gasteiger partial charge in [0.05, 0.1) is 13.2 Å². The molecule has 0 aliphatic rings. The molecule has 102 valence electrons. The second-order valence-corrected chi connectivity index (χ2v) is 8.23. The molecule has 1 N–H and O–H groups in total. The standard InChI is InChI=1S/C8H19O4PS3.2H2/c1-2-11-13(10,14)12-6-4-8-16-15-7-3-5-9;;/h9H,2-8H2,1H3,(H,10,14);2*1H/p-1/i;1+2D;1+2. The lowest BCUT2D eigenvalue weighted by Crippen LogP contribution is -2.08. The van der Waals surface area contributed by atoms with Crippen LogP contribution in [0, 0.1) is 0 Å². The third-order valence-electron chi connectivity index (χ3n) is 1.38. The molecule has 0 bridgehead atoms. The number of aliphatic hydroxyl groups excluding tert-OH is 1.